The fourth-order valence-electron chi connectivity index (χ4n) is 4.56. The highest BCUT2D eigenvalue weighted by atomic mass is 32.2. The van der Waals surface area contributed by atoms with Crippen LogP contribution in [0, 0.1) is 23.4 Å². The second kappa shape index (κ2) is 8.40. The molecule has 10 heteroatoms. The fraction of sp³-hybridized carbons (Fsp3) is 0.409. The first-order valence-corrected chi connectivity index (χ1v) is 11.7. The van der Waals surface area contributed by atoms with Crippen LogP contribution in [-0.2, 0) is 16.4 Å². The average molecular weight is 473 g/mol. The number of hydrogen-bond acceptors (Lipinski definition) is 3. The van der Waals surface area contributed by atoms with Crippen LogP contribution in [0.3, 0.4) is 0 Å². The van der Waals surface area contributed by atoms with Crippen molar-refractivity contribution in [3.63, 3.8) is 0 Å². The van der Waals surface area contributed by atoms with Crippen LogP contribution in [0.5, 0.6) is 0 Å². The highest BCUT2D eigenvalue weighted by molar-refractivity contribution is 7.88. The van der Waals surface area contributed by atoms with Gasteiger partial charge in [-0.15, -0.1) is 0 Å². The SMILES string of the molecule is [2H]C([2H])([2H])C([2H])([2H])NC(=O)N1[C@H]2C[C@H]2[C@H](NS(C)(=O)=O)[C@@H]1Cc1cccc(-c2cc(F)cc(F)c2)c1F. The van der Waals surface area contributed by atoms with Gasteiger partial charge in [-0.25, -0.2) is 31.1 Å². The average Bonchev–Trinajstić information content (AvgIpc) is 3.45. The van der Waals surface area contributed by atoms with E-state index in [9.17, 15) is 22.0 Å². The summed E-state index contributed by atoms with van der Waals surface area (Å²) < 4.78 is 107. The van der Waals surface area contributed by atoms with Gasteiger partial charge in [-0.05, 0) is 48.9 Å². The fourth-order valence-corrected chi connectivity index (χ4v) is 5.39. The molecule has 1 aliphatic heterocycles. The molecular formula is C22H24F3N3O3S. The molecular weight excluding hydrogens is 443 g/mol. The zero-order valence-electron chi connectivity index (χ0n) is 21.9. The number of benzene rings is 2. The summed E-state index contributed by atoms with van der Waals surface area (Å²) in [6, 6.07) is 3.28. The summed E-state index contributed by atoms with van der Waals surface area (Å²) in [5.41, 5.74) is -0.149. The number of nitrogens with one attached hydrogen (secondary N) is 2. The quantitative estimate of drug-likeness (QED) is 0.679. The van der Waals surface area contributed by atoms with Crippen LogP contribution < -0.4 is 10.0 Å². The van der Waals surface area contributed by atoms with E-state index in [0.29, 0.717) is 12.5 Å². The maximum absolute atomic E-state index is 15.6. The summed E-state index contributed by atoms with van der Waals surface area (Å²) in [5.74, 6) is -2.98. The molecule has 2 amide bonds. The zero-order valence-corrected chi connectivity index (χ0v) is 17.7. The Kier molecular flexibility index (Phi) is 4.45. The van der Waals surface area contributed by atoms with Gasteiger partial charge in [0.1, 0.15) is 17.5 Å². The molecule has 0 spiro atoms. The maximum Gasteiger partial charge on any atom is 0.317 e. The summed E-state index contributed by atoms with van der Waals surface area (Å²) in [6.07, 6.45) is 1.08. The smallest absolute Gasteiger partial charge is 0.317 e. The molecule has 0 radical (unpaired) electrons. The van der Waals surface area contributed by atoms with Crippen LogP contribution in [0.15, 0.2) is 36.4 Å². The Morgan fingerprint density at radius 1 is 1.25 bits per heavy atom. The number of carbonyl (C=O) groups excluding carboxylic acids is 1. The molecule has 2 aromatic carbocycles. The van der Waals surface area contributed by atoms with Crippen molar-refractivity contribution in [1.29, 1.82) is 0 Å². The minimum atomic E-state index is -3.77. The van der Waals surface area contributed by atoms with E-state index in [1.54, 1.807) is 0 Å². The molecule has 32 heavy (non-hydrogen) atoms. The largest absolute Gasteiger partial charge is 0.338 e. The lowest BCUT2D eigenvalue weighted by Gasteiger charge is -2.32. The molecule has 6 nitrogen and oxygen atoms in total. The number of carbonyl (C=O) groups is 1. The third kappa shape index (κ3) is 4.47. The highest BCUT2D eigenvalue weighted by Gasteiger charge is 2.60. The van der Waals surface area contributed by atoms with E-state index in [1.807, 2.05) is 5.32 Å². The zero-order chi connectivity index (χ0) is 27.5. The van der Waals surface area contributed by atoms with Gasteiger partial charge in [0.25, 0.3) is 0 Å². The van der Waals surface area contributed by atoms with Crippen LogP contribution in [-0.4, -0.2) is 50.2 Å². The van der Waals surface area contributed by atoms with Gasteiger partial charge in [0.2, 0.25) is 10.0 Å². The molecule has 2 aromatic rings. The molecule has 0 bridgehead atoms. The molecule has 0 unspecified atom stereocenters. The molecule has 4 atom stereocenters. The lowest BCUT2D eigenvalue weighted by Crippen LogP contribution is -2.53. The molecule has 0 aromatic heterocycles. The molecule has 1 saturated heterocycles. The van der Waals surface area contributed by atoms with Gasteiger partial charge < -0.3 is 10.2 Å². The first-order valence-electron chi connectivity index (χ1n) is 12.3. The number of fused-ring (bicyclic) bond motifs is 1. The minimum absolute atomic E-state index is 0.0189. The van der Waals surface area contributed by atoms with Crippen molar-refractivity contribution < 1.29 is 33.2 Å². The molecule has 1 heterocycles. The number of sulfonamides is 1. The molecule has 2 fully saturated rings. The van der Waals surface area contributed by atoms with E-state index in [1.165, 1.54) is 18.2 Å². The van der Waals surface area contributed by atoms with Crippen LogP contribution in [0.4, 0.5) is 18.0 Å². The van der Waals surface area contributed by atoms with Crippen LogP contribution in [0.2, 0.25) is 0 Å². The Labute approximate surface area is 191 Å². The van der Waals surface area contributed by atoms with Crippen molar-refractivity contribution in [2.24, 2.45) is 5.92 Å². The third-order valence-corrected chi connectivity index (χ3v) is 6.53. The van der Waals surface area contributed by atoms with E-state index in [2.05, 4.69) is 4.72 Å². The minimum Gasteiger partial charge on any atom is -0.338 e. The summed E-state index contributed by atoms with van der Waals surface area (Å²) in [4.78, 5) is 14.2. The summed E-state index contributed by atoms with van der Waals surface area (Å²) in [5, 5.41) is 1.86. The topological polar surface area (TPSA) is 78.5 Å². The molecule has 2 N–H and O–H groups in total. The Morgan fingerprint density at radius 2 is 1.97 bits per heavy atom. The van der Waals surface area contributed by atoms with E-state index < -0.39 is 65.0 Å². The van der Waals surface area contributed by atoms with Crippen LogP contribution in [0.1, 0.15) is 25.7 Å². The summed E-state index contributed by atoms with van der Waals surface area (Å²) in [7, 11) is -3.77. The lowest BCUT2D eigenvalue weighted by molar-refractivity contribution is 0.176. The Balaban J connectivity index is 1.69. The van der Waals surface area contributed by atoms with Crippen molar-refractivity contribution in [1.82, 2.24) is 14.9 Å². The monoisotopic (exact) mass is 472 g/mol. The number of urea groups is 1. The van der Waals surface area contributed by atoms with E-state index in [0.717, 1.165) is 23.3 Å². The standard InChI is InChI=1S/C22H24F3N3O3S/c1-3-26-22(29)28-18-11-17(18)21(27-32(2,30)31)19(28)9-12-5-4-6-16(20(12)25)13-7-14(23)10-15(24)8-13/h4-8,10,17-19,21,27H,3,9,11H2,1-2H3,(H,26,29)/t17-,18+,19+,21+/m1/s1/i1D3,3D2. The Hall–Kier alpha value is -2.59. The number of piperidine rings is 1. The van der Waals surface area contributed by atoms with Gasteiger partial charge in [-0.2, -0.15) is 0 Å². The van der Waals surface area contributed by atoms with E-state index in [4.69, 9.17) is 6.85 Å². The van der Waals surface area contributed by atoms with Crippen molar-refractivity contribution in [2.75, 3.05) is 12.8 Å². The number of likely N-dealkylation sites (tertiary alicyclic amines) is 1. The van der Waals surface area contributed by atoms with Crippen molar-refractivity contribution >= 4 is 16.1 Å². The Bertz CT molecular complexity index is 1320. The normalized spacial score (nSPS) is 27.5. The molecule has 1 saturated carbocycles. The van der Waals surface area contributed by atoms with Gasteiger partial charge in [0, 0.05) is 37.1 Å². The number of rotatable bonds is 6. The lowest BCUT2D eigenvalue weighted by atomic mass is 9.94. The van der Waals surface area contributed by atoms with E-state index >= 15 is 4.39 Å². The van der Waals surface area contributed by atoms with Crippen LogP contribution >= 0.6 is 0 Å². The predicted octanol–water partition coefficient (Wildman–Crippen LogP) is 3.03. The van der Waals surface area contributed by atoms with Crippen molar-refractivity contribution in [3.8, 4) is 11.1 Å². The van der Waals surface area contributed by atoms with Crippen LogP contribution in [0.25, 0.3) is 11.1 Å². The molecule has 2 aliphatic rings. The molecule has 1 aliphatic carbocycles. The van der Waals surface area contributed by atoms with Gasteiger partial charge in [-0.1, -0.05) is 18.2 Å². The van der Waals surface area contributed by atoms with Gasteiger partial charge in [-0.3, -0.25) is 0 Å². The molecule has 172 valence electrons. The Morgan fingerprint density at radius 3 is 2.62 bits per heavy atom. The predicted molar refractivity (Wildman–Crippen MR) is 114 cm³/mol. The summed E-state index contributed by atoms with van der Waals surface area (Å²) >= 11 is 0. The maximum atomic E-state index is 15.6. The first-order chi connectivity index (χ1) is 17.0. The molecule has 4 rings (SSSR count). The van der Waals surface area contributed by atoms with E-state index in [-0.39, 0.29) is 29.0 Å². The number of hydrogen-bond donors (Lipinski definition) is 2. The van der Waals surface area contributed by atoms with Crippen molar-refractivity contribution in [3.05, 3.63) is 59.4 Å². The summed E-state index contributed by atoms with van der Waals surface area (Å²) in [6.45, 7) is -6.25. The number of amides is 2. The number of nitrogens with zero attached hydrogens (tertiary/aromatic N) is 1. The van der Waals surface area contributed by atoms with Gasteiger partial charge in [0.05, 0.1) is 12.3 Å². The van der Waals surface area contributed by atoms with Gasteiger partial charge in [0.15, 0.2) is 0 Å². The first kappa shape index (κ1) is 17.0. The number of halogens is 3. The van der Waals surface area contributed by atoms with Crippen molar-refractivity contribution in [2.45, 2.75) is 37.8 Å². The second-order valence-corrected chi connectivity index (χ2v) is 9.83. The van der Waals surface area contributed by atoms with Gasteiger partial charge >= 0.3 is 6.03 Å². The highest BCUT2D eigenvalue weighted by Crippen LogP contribution is 2.49. The third-order valence-electron chi connectivity index (χ3n) is 5.83. The second-order valence-electron chi connectivity index (χ2n) is 8.05.